The molecule has 2 N–H and O–H groups in total. The highest BCUT2D eigenvalue weighted by Crippen LogP contribution is 2.18. The number of nitrogens with zero attached hydrogens (tertiary/aromatic N) is 1. The molecule has 88 valence electrons. The van der Waals surface area contributed by atoms with Crippen molar-refractivity contribution in [3.8, 4) is 5.88 Å². The molecule has 3 nitrogen and oxygen atoms in total. The van der Waals surface area contributed by atoms with Gasteiger partial charge in [0, 0.05) is 10.0 Å². The maximum absolute atomic E-state index is 5.64. The zero-order valence-corrected chi connectivity index (χ0v) is 11.1. The average molecular weight is 293 g/mol. The van der Waals surface area contributed by atoms with Crippen LogP contribution < -0.4 is 10.5 Å². The maximum Gasteiger partial charge on any atom is 0.216 e. The third-order valence-electron chi connectivity index (χ3n) is 2.34. The summed E-state index contributed by atoms with van der Waals surface area (Å²) in [7, 11) is 0. The Morgan fingerprint density at radius 1 is 1.29 bits per heavy atom. The van der Waals surface area contributed by atoms with Crippen LogP contribution in [0.2, 0.25) is 0 Å². The summed E-state index contributed by atoms with van der Waals surface area (Å²) < 4.78 is 6.69. The molecule has 0 aliphatic heterocycles. The van der Waals surface area contributed by atoms with Gasteiger partial charge in [-0.05, 0) is 30.7 Å². The molecular weight excluding hydrogens is 280 g/mol. The van der Waals surface area contributed by atoms with E-state index in [1.807, 2.05) is 37.3 Å². The van der Waals surface area contributed by atoms with E-state index in [1.54, 1.807) is 6.20 Å². The first-order valence-corrected chi connectivity index (χ1v) is 6.04. The van der Waals surface area contributed by atoms with Gasteiger partial charge in [0.15, 0.2) is 0 Å². The zero-order valence-electron chi connectivity index (χ0n) is 9.48. The topological polar surface area (TPSA) is 48.1 Å². The number of aryl methyl sites for hydroxylation is 1. The molecule has 2 rings (SSSR count). The van der Waals surface area contributed by atoms with Crippen LogP contribution in [0.5, 0.6) is 5.88 Å². The van der Waals surface area contributed by atoms with Gasteiger partial charge in [0.25, 0.3) is 0 Å². The number of halogens is 1. The van der Waals surface area contributed by atoms with E-state index in [-0.39, 0.29) is 0 Å². The normalized spacial score (nSPS) is 10.2. The number of ether oxygens (including phenoxy) is 1. The highest BCUT2D eigenvalue weighted by atomic mass is 79.9. The first-order valence-electron chi connectivity index (χ1n) is 5.24. The first kappa shape index (κ1) is 11.9. The fourth-order valence-electron chi connectivity index (χ4n) is 1.47. The Kier molecular flexibility index (Phi) is 3.64. The summed E-state index contributed by atoms with van der Waals surface area (Å²) >= 11 is 3.39. The summed E-state index contributed by atoms with van der Waals surface area (Å²) in [4.78, 5) is 4.15. The van der Waals surface area contributed by atoms with Crippen LogP contribution in [0.3, 0.4) is 0 Å². The maximum atomic E-state index is 5.64. The fourth-order valence-corrected chi connectivity index (χ4v) is 1.73. The van der Waals surface area contributed by atoms with E-state index in [0.717, 1.165) is 15.6 Å². The lowest BCUT2D eigenvalue weighted by Gasteiger charge is -2.08. The molecule has 0 saturated carbocycles. The fraction of sp³-hybridized carbons (Fsp3) is 0.154. The number of nitrogen functional groups attached to an aromatic ring is 1. The van der Waals surface area contributed by atoms with Gasteiger partial charge in [0.1, 0.15) is 6.61 Å². The molecule has 0 saturated heterocycles. The van der Waals surface area contributed by atoms with Crippen LogP contribution in [0, 0.1) is 6.92 Å². The Bertz CT molecular complexity index is 511. The minimum absolute atomic E-state index is 0.505. The van der Waals surface area contributed by atoms with E-state index >= 15 is 0 Å². The molecule has 1 aromatic heterocycles. The smallest absolute Gasteiger partial charge is 0.216 e. The number of pyridine rings is 1. The Labute approximate surface area is 109 Å². The molecule has 1 heterocycles. The second-order valence-electron chi connectivity index (χ2n) is 3.81. The molecule has 0 atom stereocenters. The van der Waals surface area contributed by atoms with Crippen LogP contribution in [-0.2, 0) is 6.61 Å². The van der Waals surface area contributed by atoms with Crippen molar-refractivity contribution in [1.82, 2.24) is 4.98 Å². The van der Waals surface area contributed by atoms with E-state index < -0.39 is 0 Å². The van der Waals surface area contributed by atoms with E-state index in [2.05, 4.69) is 20.9 Å². The van der Waals surface area contributed by atoms with Gasteiger partial charge in [-0.2, -0.15) is 0 Å². The minimum atomic E-state index is 0.505. The average Bonchev–Trinajstić information content (AvgIpc) is 2.30. The second kappa shape index (κ2) is 5.19. The van der Waals surface area contributed by atoms with E-state index in [9.17, 15) is 0 Å². The van der Waals surface area contributed by atoms with Gasteiger partial charge in [-0.25, -0.2) is 4.98 Å². The molecule has 0 unspecified atom stereocenters. The monoisotopic (exact) mass is 292 g/mol. The largest absolute Gasteiger partial charge is 0.473 e. The number of rotatable bonds is 3. The Morgan fingerprint density at radius 2 is 2.00 bits per heavy atom. The van der Waals surface area contributed by atoms with Crippen LogP contribution >= 0.6 is 15.9 Å². The minimum Gasteiger partial charge on any atom is -0.473 e. The van der Waals surface area contributed by atoms with Crippen LogP contribution in [0.15, 0.2) is 41.0 Å². The predicted octanol–water partition coefficient (Wildman–Crippen LogP) is 3.31. The van der Waals surface area contributed by atoms with Gasteiger partial charge >= 0.3 is 0 Å². The van der Waals surface area contributed by atoms with Gasteiger partial charge in [-0.15, -0.1) is 0 Å². The van der Waals surface area contributed by atoms with Crippen molar-refractivity contribution in [1.29, 1.82) is 0 Å². The summed E-state index contributed by atoms with van der Waals surface area (Å²) in [6.45, 7) is 2.44. The summed E-state index contributed by atoms with van der Waals surface area (Å²) in [6, 6.07) is 9.85. The molecule has 0 radical (unpaired) electrons. The van der Waals surface area contributed by atoms with Crippen LogP contribution in [-0.4, -0.2) is 4.98 Å². The number of anilines is 1. The highest BCUT2D eigenvalue weighted by Gasteiger charge is 2.02. The Balaban J connectivity index is 2.04. The predicted molar refractivity (Wildman–Crippen MR) is 71.9 cm³/mol. The second-order valence-corrected chi connectivity index (χ2v) is 4.72. The number of nitrogens with two attached hydrogens (primary N) is 1. The molecule has 0 spiro atoms. The van der Waals surface area contributed by atoms with E-state index in [0.29, 0.717) is 18.2 Å². The lowest BCUT2D eigenvalue weighted by atomic mass is 10.2. The Hall–Kier alpha value is -1.55. The number of benzene rings is 1. The van der Waals surface area contributed by atoms with Crippen molar-refractivity contribution in [2.45, 2.75) is 13.5 Å². The number of hydrogen-bond acceptors (Lipinski definition) is 3. The summed E-state index contributed by atoms with van der Waals surface area (Å²) in [5, 5.41) is 0. The van der Waals surface area contributed by atoms with E-state index in [1.165, 1.54) is 0 Å². The van der Waals surface area contributed by atoms with Crippen molar-refractivity contribution < 1.29 is 4.74 Å². The van der Waals surface area contributed by atoms with Gasteiger partial charge in [0.2, 0.25) is 5.88 Å². The third-order valence-corrected chi connectivity index (χ3v) is 2.87. The highest BCUT2D eigenvalue weighted by molar-refractivity contribution is 9.10. The molecule has 0 amide bonds. The van der Waals surface area contributed by atoms with Gasteiger partial charge in [-0.3, -0.25) is 0 Å². The summed E-state index contributed by atoms with van der Waals surface area (Å²) in [5.74, 6) is 0.627. The molecular formula is C13H13BrN2O. The molecule has 4 heteroatoms. The molecule has 0 aliphatic rings. The molecule has 2 aromatic rings. The third kappa shape index (κ3) is 3.20. The van der Waals surface area contributed by atoms with Crippen molar-refractivity contribution in [3.05, 3.63) is 52.1 Å². The van der Waals surface area contributed by atoms with Gasteiger partial charge in [0.05, 0.1) is 11.9 Å². The van der Waals surface area contributed by atoms with Crippen LogP contribution in [0.25, 0.3) is 0 Å². The van der Waals surface area contributed by atoms with E-state index in [4.69, 9.17) is 10.5 Å². The van der Waals surface area contributed by atoms with Crippen molar-refractivity contribution in [2.75, 3.05) is 5.73 Å². The van der Waals surface area contributed by atoms with Gasteiger partial charge in [-0.1, -0.05) is 28.1 Å². The van der Waals surface area contributed by atoms with Crippen LogP contribution in [0.4, 0.5) is 5.69 Å². The number of hydrogen-bond donors (Lipinski definition) is 1. The standard InChI is InChI=1S/C13H13BrN2O/c1-9-6-12(15)7-16-13(9)17-8-10-2-4-11(14)5-3-10/h2-7H,8,15H2,1H3. The quantitative estimate of drug-likeness (QED) is 0.944. The van der Waals surface area contributed by atoms with Crippen molar-refractivity contribution in [2.24, 2.45) is 0 Å². The van der Waals surface area contributed by atoms with Gasteiger partial charge < -0.3 is 10.5 Å². The zero-order chi connectivity index (χ0) is 12.3. The molecule has 0 bridgehead atoms. The number of aromatic nitrogens is 1. The summed E-state index contributed by atoms with van der Waals surface area (Å²) in [5.41, 5.74) is 8.33. The molecule has 0 fully saturated rings. The Morgan fingerprint density at radius 3 is 2.65 bits per heavy atom. The summed E-state index contributed by atoms with van der Waals surface area (Å²) in [6.07, 6.45) is 1.60. The van der Waals surface area contributed by atoms with Crippen molar-refractivity contribution in [3.63, 3.8) is 0 Å². The van der Waals surface area contributed by atoms with Crippen molar-refractivity contribution >= 4 is 21.6 Å². The van der Waals surface area contributed by atoms with Crippen LogP contribution in [0.1, 0.15) is 11.1 Å². The molecule has 17 heavy (non-hydrogen) atoms. The lowest BCUT2D eigenvalue weighted by molar-refractivity contribution is 0.291. The molecule has 0 aliphatic carbocycles. The molecule has 1 aromatic carbocycles. The SMILES string of the molecule is Cc1cc(N)cnc1OCc1ccc(Br)cc1. The lowest BCUT2D eigenvalue weighted by Crippen LogP contribution is -2.00. The first-order chi connectivity index (χ1) is 8.15.